The fourth-order valence-corrected chi connectivity index (χ4v) is 1.43. The number of hydrogen-bond donors (Lipinski definition) is 2. The quantitative estimate of drug-likeness (QED) is 0.776. The van der Waals surface area contributed by atoms with Gasteiger partial charge in [0.25, 0.3) is 0 Å². The molecule has 1 heterocycles. The van der Waals surface area contributed by atoms with Crippen LogP contribution in [0.25, 0.3) is 0 Å². The van der Waals surface area contributed by atoms with Gasteiger partial charge in [-0.3, -0.25) is 0 Å². The summed E-state index contributed by atoms with van der Waals surface area (Å²) in [6.07, 6.45) is 2.03. The van der Waals surface area contributed by atoms with Gasteiger partial charge in [-0.15, -0.1) is 0 Å². The van der Waals surface area contributed by atoms with Crippen molar-refractivity contribution in [3.8, 4) is 0 Å². The molecule has 6 heteroatoms. The normalized spacial score (nSPS) is 14.5. The van der Waals surface area contributed by atoms with Gasteiger partial charge in [-0.25, -0.2) is 9.97 Å². The van der Waals surface area contributed by atoms with Gasteiger partial charge in [-0.05, 0) is 22.9 Å². The topological polar surface area (TPSA) is 67.3 Å². The van der Waals surface area contributed by atoms with E-state index in [2.05, 4.69) is 31.2 Å². The first kappa shape index (κ1) is 13.3. The highest BCUT2D eigenvalue weighted by Gasteiger charge is 2.19. The molecule has 0 bridgehead atoms. The van der Waals surface area contributed by atoms with Crippen LogP contribution >= 0.6 is 15.9 Å². The number of halogens is 1. The SMILES string of the molecule is COCCC(C)(O)CNc1cc(Br)ncn1. The van der Waals surface area contributed by atoms with Crippen molar-refractivity contribution in [3.05, 3.63) is 17.0 Å². The van der Waals surface area contributed by atoms with Crippen LogP contribution < -0.4 is 5.32 Å². The van der Waals surface area contributed by atoms with Crippen molar-refractivity contribution in [3.63, 3.8) is 0 Å². The van der Waals surface area contributed by atoms with Gasteiger partial charge in [-0.1, -0.05) is 0 Å². The third kappa shape index (κ3) is 4.87. The number of rotatable bonds is 6. The maximum atomic E-state index is 9.98. The fraction of sp³-hybridized carbons (Fsp3) is 0.600. The first-order valence-electron chi connectivity index (χ1n) is 4.96. The molecule has 16 heavy (non-hydrogen) atoms. The standard InChI is InChI=1S/C10H16BrN3O2/c1-10(15,3-4-16-2)6-12-9-5-8(11)13-7-14-9/h5,7,15H,3-4,6H2,1-2H3,(H,12,13,14). The zero-order valence-corrected chi connectivity index (χ0v) is 11.0. The van der Waals surface area contributed by atoms with Gasteiger partial charge in [0.1, 0.15) is 16.7 Å². The lowest BCUT2D eigenvalue weighted by atomic mass is 10.0. The van der Waals surface area contributed by atoms with Crippen LogP contribution in [0, 0.1) is 0 Å². The Balaban J connectivity index is 2.44. The van der Waals surface area contributed by atoms with E-state index in [4.69, 9.17) is 4.74 Å². The van der Waals surface area contributed by atoms with Crippen molar-refractivity contribution >= 4 is 21.7 Å². The number of anilines is 1. The molecule has 1 aromatic heterocycles. The number of aliphatic hydroxyl groups is 1. The maximum Gasteiger partial charge on any atom is 0.130 e. The van der Waals surface area contributed by atoms with Crippen LogP contribution in [0.4, 0.5) is 5.82 Å². The second-order valence-corrected chi connectivity index (χ2v) is 4.63. The second-order valence-electron chi connectivity index (χ2n) is 3.82. The van der Waals surface area contributed by atoms with E-state index in [1.807, 2.05) is 0 Å². The summed E-state index contributed by atoms with van der Waals surface area (Å²) in [5, 5.41) is 13.0. The van der Waals surface area contributed by atoms with E-state index >= 15 is 0 Å². The summed E-state index contributed by atoms with van der Waals surface area (Å²) in [4.78, 5) is 7.95. The number of methoxy groups -OCH3 is 1. The summed E-state index contributed by atoms with van der Waals surface area (Å²) in [6, 6.07) is 1.76. The smallest absolute Gasteiger partial charge is 0.130 e. The van der Waals surface area contributed by atoms with Crippen molar-refractivity contribution in [1.82, 2.24) is 9.97 Å². The minimum absolute atomic E-state index is 0.416. The van der Waals surface area contributed by atoms with E-state index in [1.54, 1.807) is 20.1 Å². The molecule has 90 valence electrons. The van der Waals surface area contributed by atoms with Gasteiger partial charge in [-0.2, -0.15) is 0 Å². The van der Waals surface area contributed by atoms with Crippen LogP contribution in [0.15, 0.2) is 17.0 Å². The van der Waals surface area contributed by atoms with Crippen molar-refractivity contribution in [2.45, 2.75) is 18.9 Å². The molecule has 1 unspecified atom stereocenters. The van der Waals surface area contributed by atoms with Crippen LogP contribution in [0.2, 0.25) is 0 Å². The molecular formula is C10H16BrN3O2. The Kier molecular flexibility index (Phi) is 5.11. The minimum Gasteiger partial charge on any atom is -0.388 e. The molecule has 0 spiro atoms. The molecule has 0 aromatic carbocycles. The molecule has 5 nitrogen and oxygen atoms in total. The molecule has 1 atom stereocenters. The average molecular weight is 290 g/mol. The minimum atomic E-state index is -0.812. The molecule has 0 aliphatic heterocycles. The lowest BCUT2D eigenvalue weighted by molar-refractivity contribution is 0.0357. The Morgan fingerprint density at radius 3 is 2.94 bits per heavy atom. The molecule has 0 radical (unpaired) electrons. The van der Waals surface area contributed by atoms with Gasteiger partial charge < -0.3 is 15.2 Å². The summed E-state index contributed by atoms with van der Waals surface area (Å²) < 4.78 is 5.64. The Labute approximate surface area is 103 Å². The van der Waals surface area contributed by atoms with Crippen molar-refractivity contribution in [1.29, 1.82) is 0 Å². The number of ether oxygens (including phenoxy) is 1. The molecule has 0 aliphatic rings. The van der Waals surface area contributed by atoms with Crippen LogP contribution in [-0.2, 0) is 4.74 Å². The Morgan fingerprint density at radius 1 is 1.56 bits per heavy atom. The van der Waals surface area contributed by atoms with Gasteiger partial charge in [0.05, 0.1) is 5.60 Å². The predicted molar refractivity (Wildman–Crippen MR) is 65.3 cm³/mol. The van der Waals surface area contributed by atoms with Crippen molar-refractivity contribution < 1.29 is 9.84 Å². The largest absolute Gasteiger partial charge is 0.388 e. The number of aromatic nitrogens is 2. The monoisotopic (exact) mass is 289 g/mol. The van der Waals surface area contributed by atoms with E-state index in [0.29, 0.717) is 30.0 Å². The van der Waals surface area contributed by atoms with E-state index in [9.17, 15) is 5.11 Å². The van der Waals surface area contributed by atoms with Gasteiger partial charge in [0.15, 0.2) is 0 Å². The molecule has 0 fully saturated rings. The van der Waals surface area contributed by atoms with Crippen LogP contribution in [0.1, 0.15) is 13.3 Å². The lowest BCUT2D eigenvalue weighted by Gasteiger charge is -2.23. The molecule has 0 aliphatic carbocycles. The lowest BCUT2D eigenvalue weighted by Crippen LogP contribution is -2.34. The van der Waals surface area contributed by atoms with E-state index in [-0.39, 0.29) is 0 Å². The summed E-state index contributed by atoms with van der Waals surface area (Å²) in [7, 11) is 1.62. The van der Waals surface area contributed by atoms with E-state index in [0.717, 1.165) is 0 Å². The number of hydrogen-bond acceptors (Lipinski definition) is 5. The summed E-state index contributed by atoms with van der Waals surface area (Å²) in [6.45, 7) is 2.71. The van der Waals surface area contributed by atoms with Gasteiger partial charge in [0, 0.05) is 32.7 Å². The zero-order chi connectivity index (χ0) is 12.0. The molecule has 1 aromatic rings. The first-order chi connectivity index (χ1) is 7.53. The van der Waals surface area contributed by atoms with Crippen LogP contribution in [0.3, 0.4) is 0 Å². The van der Waals surface area contributed by atoms with Crippen LogP contribution in [-0.4, -0.2) is 40.9 Å². The highest BCUT2D eigenvalue weighted by atomic mass is 79.9. The maximum absolute atomic E-state index is 9.98. The average Bonchev–Trinajstić information content (AvgIpc) is 2.24. The summed E-state index contributed by atoms with van der Waals surface area (Å²) in [5.74, 6) is 0.680. The number of nitrogens with one attached hydrogen (secondary N) is 1. The van der Waals surface area contributed by atoms with Crippen molar-refractivity contribution in [2.24, 2.45) is 0 Å². The van der Waals surface area contributed by atoms with Gasteiger partial charge >= 0.3 is 0 Å². The van der Waals surface area contributed by atoms with Gasteiger partial charge in [0.2, 0.25) is 0 Å². The zero-order valence-electron chi connectivity index (χ0n) is 9.40. The third-order valence-corrected chi connectivity index (χ3v) is 2.56. The fourth-order valence-electron chi connectivity index (χ4n) is 1.12. The molecule has 1 rings (SSSR count). The molecule has 0 saturated carbocycles. The summed E-state index contributed by atoms with van der Waals surface area (Å²) >= 11 is 3.25. The summed E-state index contributed by atoms with van der Waals surface area (Å²) in [5.41, 5.74) is -0.812. The second kappa shape index (κ2) is 6.12. The van der Waals surface area contributed by atoms with Crippen molar-refractivity contribution in [2.75, 3.05) is 25.6 Å². The molecule has 2 N–H and O–H groups in total. The molecular weight excluding hydrogens is 274 g/mol. The highest BCUT2D eigenvalue weighted by molar-refractivity contribution is 9.10. The molecule has 0 saturated heterocycles. The predicted octanol–water partition coefficient (Wildman–Crippen LogP) is 1.44. The van der Waals surface area contributed by atoms with E-state index < -0.39 is 5.60 Å². The molecule has 0 amide bonds. The third-order valence-electron chi connectivity index (χ3n) is 2.13. The first-order valence-corrected chi connectivity index (χ1v) is 5.75. The Hall–Kier alpha value is -0.720. The Bertz CT molecular complexity index is 334. The van der Waals surface area contributed by atoms with Crippen LogP contribution in [0.5, 0.6) is 0 Å². The highest BCUT2D eigenvalue weighted by Crippen LogP contribution is 2.13. The Morgan fingerprint density at radius 2 is 2.31 bits per heavy atom. The van der Waals surface area contributed by atoms with E-state index in [1.165, 1.54) is 6.33 Å². The number of nitrogens with zero attached hydrogens (tertiary/aromatic N) is 2.